The monoisotopic (exact) mass is 216 g/mol. The molecule has 2 aromatic rings. The van der Waals surface area contributed by atoms with Crippen molar-refractivity contribution < 1.29 is 14.6 Å². The Hall–Kier alpha value is -2.03. The standard InChI is InChI=1S/C13H12O3/c1-2-16-12-5-3-4-9-8-10(13(14)15)6-7-11(9)12/h3-8H,2H2,1H3,(H,14,15). The maximum absolute atomic E-state index is 10.8. The lowest BCUT2D eigenvalue weighted by atomic mass is 10.1. The van der Waals surface area contributed by atoms with Gasteiger partial charge in [0.15, 0.2) is 0 Å². The van der Waals surface area contributed by atoms with E-state index in [9.17, 15) is 4.79 Å². The molecule has 1 N–H and O–H groups in total. The first-order chi connectivity index (χ1) is 7.72. The molecule has 0 bridgehead atoms. The minimum atomic E-state index is -0.913. The summed E-state index contributed by atoms with van der Waals surface area (Å²) in [7, 11) is 0. The van der Waals surface area contributed by atoms with Crippen molar-refractivity contribution >= 4 is 16.7 Å². The minimum absolute atomic E-state index is 0.293. The van der Waals surface area contributed by atoms with Crippen LogP contribution in [0.15, 0.2) is 36.4 Å². The van der Waals surface area contributed by atoms with Crippen LogP contribution in [0.2, 0.25) is 0 Å². The SMILES string of the molecule is CCOc1cccc2cc(C(=O)O)ccc12. The number of hydrogen-bond acceptors (Lipinski definition) is 2. The summed E-state index contributed by atoms with van der Waals surface area (Å²) in [4.78, 5) is 10.8. The maximum atomic E-state index is 10.8. The van der Waals surface area contributed by atoms with Crippen LogP contribution in [0.5, 0.6) is 5.75 Å². The van der Waals surface area contributed by atoms with E-state index in [4.69, 9.17) is 9.84 Å². The lowest BCUT2D eigenvalue weighted by molar-refractivity contribution is 0.0697. The molecule has 0 radical (unpaired) electrons. The molecule has 3 heteroatoms. The number of carboxylic acid groups (broad SMARTS) is 1. The van der Waals surface area contributed by atoms with E-state index in [0.717, 1.165) is 16.5 Å². The highest BCUT2D eigenvalue weighted by Gasteiger charge is 2.06. The Morgan fingerprint density at radius 1 is 1.31 bits per heavy atom. The number of rotatable bonds is 3. The summed E-state index contributed by atoms with van der Waals surface area (Å²) in [5.41, 5.74) is 0.293. The van der Waals surface area contributed by atoms with Gasteiger partial charge in [0.1, 0.15) is 5.75 Å². The quantitative estimate of drug-likeness (QED) is 0.858. The van der Waals surface area contributed by atoms with Gasteiger partial charge in [-0.05, 0) is 36.6 Å². The number of carboxylic acids is 1. The Morgan fingerprint density at radius 3 is 2.81 bits per heavy atom. The predicted molar refractivity (Wildman–Crippen MR) is 62.1 cm³/mol. The van der Waals surface area contributed by atoms with Crippen molar-refractivity contribution in [2.75, 3.05) is 6.61 Å². The van der Waals surface area contributed by atoms with Gasteiger partial charge in [0, 0.05) is 5.39 Å². The van der Waals surface area contributed by atoms with Gasteiger partial charge in [-0.2, -0.15) is 0 Å². The summed E-state index contributed by atoms with van der Waals surface area (Å²) in [6, 6.07) is 10.6. The van der Waals surface area contributed by atoms with Crippen LogP contribution < -0.4 is 4.74 Å². The molecular formula is C13H12O3. The highest BCUT2D eigenvalue weighted by molar-refractivity contribution is 5.96. The van der Waals surface area contributed by atoms with E-state index < -0.39 is 5.97 Å². The van der Waals surface area contributed by atoms with Gasteiger partial charge in [0.05, 0.1) is 12.2 Å². The highest BCUT2D eigenvalue weighted by Crippen LogP contribution is 2.26. The summed E-state index contributed by atoms with van der Waals surface area (Å²) in [6.45, 7) is 2.52. The largest absolute Gasteiger partial charge is 0.493 e. The molecular weight excluding hydrogens is 204 g/mol. The van der Waals surface area contributed by atoms with Gasteiger partial charge in [-0.25, -0.2) is 4.79 Å². The van der Waals surface area contributed by atoms with Crippen molar-refractivity contribution in [3.63, 3.8) is 0 Å². The third-order valence-electron chi connectivity index (χ3n) is 2.39. The molecule has 0 saturated carbocycles. The Balaban J connectivity index is 2.59. The third kappa shape index (κ3) is 1.84. The van der Waals surface area contributed by atoms with Crippen molar-refractivity contribution in [1.29, 1.82) is 0 Å². The fourth-order valence-electron chi connectivity index (χ4n) is 1.67. The van der Waals surface area contributed by atoms with E-state index in [-0.39, 0.29) is 0 Å². The maximum Gasteiger partial charge on any atom is 0.335 e. The first-order valence-corrected chi connectivity index (χ1v) is 5.11. The van der Waals surface area contributed by atoms with E-state index >= 15 is 0 Å². The Labute approximate surface area is 93.3 Å². The van der Waals surface area contributed by atoms with Crippen molar-refractivity contribution in [3.8, 4) is 5.75 Å². The molecule has 0 saturated heterocycles. The molecule has 2 aromatic carbocycles. The van der Waals surface area contributed by atoms with Crippen molar-refractivity contribution in [1.82, 2.24) is 0 Å². The molecule has 0 aromatic heterocycles. The molecule has 0 unspecified atom stereocenters. The molecule has 2 rings (SSSR count). The van der Waals surface area contributed by atoms with E-state index in [0.29, 0.717) is 12.2 Å². The average Bonchev–Trinajstić information content (AvgIpc) is 2.29. The highest BCUT2D eigenvalue weighted by atomic mass is 16.5. The Morgan fingerprint density at radius 2 is 2.12 bits per heavy atom. The third-order valence-corrected chi connectivity index (χ3v) is 2.39. The Bertz CT molecular complexity index is 532. The number of hydrogen-bond donors (Lipinski definition) is 1. The van der Waals surface area contributed by atoms with E-state index in [1.807, 2.05) is 25.1 Å². The number of aromatic carboxylic acids is 1. The van der Waals surface area contributed by atoms with Crippen LogP contribution in [0.1, 0.15) is 17.3 Å². The second-order valence-corrected chi connectivity index (χ2v) is 3.43. The van der Waals surface area contributed by atoms with Crippen LogP contribution in [0, 0.1) is 0 Å². The van der Waals surface area contributed by atoms with E-state index in [1.54, 1.807) is 18.2 Å². The fourth-order valence-corrected chi connectivity index (χ4v) is 1.67. The van der Waals surface area contributed by atoms with Crippen LogP contribution in [-0.4, -0.2) is 17.7 Å². The lowest BCUT2D eigenvalue weighted by Gasteiger charge is -2.07. The lowest BCUT2D eigenvalue weighted by Crippen LogP contribution is -1.96. The molecule has 82 valence electrons. The number of ether oxygens (including phenoxy) is 1. The molecule has 0 heterocycles. The topological polar surface area (TPSA) is 46.5 Å². The summed E-state index contributed by atoms with van der Waals surface area (Å²) < 4.78 is 5.47. The van der Waals surface area contributed by atoms with Crippen LogP contribution in [0.25, 0.3) is 10.8 Å². The number of benzene rings is 2. The smallest absolute Gasteiger partial charge is 0.335 e. The van der Waals surface area contributed by atoms with Gasteiger partial charge < -0.3 is 9.84 Å². The van der Waals surface area contributed by atoms with Crippen LogP contribution in [0.4, 0.5) is 0 Å². The summed E-state index contributed by atoms with van der Waals surface area (Å²) >= 11 is 0. The molecule has 3 nitrogen and oxygen atoms in total. The average molecular weight is 216 g/mol. The van der Waals surface area contributed by atoms with E-state index in [1.165, 1.54) is 0 Å². The second-order valence-electron chi connectivity index (χ2n) is 3.43. The first kappa shape index (κ1) is 10.5. The van der Waals surface area contributed by atoms with Crippen LogP contribution >= 0.6 is 0 Å². The summed E-state index contributed by atoms with van der Waals surface area (Å²) in [6.07, 6.45) is 0. The van der Waals surface area contributed by atoms with Crippen molar-refractivity contribution in [2.24, 2.45) is 0 Å². The molecule has 16 heavy (non-hydrogen) atoms. The van der Waals surface area contributed by atoms with E-state index in [2.05, 4.69) is 0 Å². The first-order valence-electron chi connectivity index (χ1n) is 5.11. The van der Waals surface area contributed by atoms with Crippen LogP contribution in [-0.2, 0) is 0 Å². The zero-order valence-corrected chi connectivity index (χ0v) is 8.93. The van der Waals surface area contributed by atoms with Crippen molar-refractivity contribution in [2.45, 2.75) is 6.92 Å². The van der Waals surface area contributed by atoms with Gasteiger partial charge >= 0.3 is 5.97 Å². The summed E-state index contributed by atoms with van der Waals surface area (Å²) in [5, 5.41) is 10.7. The fraction of sp³-hybridized carbons (Fsp3) is 0.154. The van der Waals surface area contributed by atoms with Gasteiger partial charge in [-0.3, -0.25) is 0 Å². The molecule has 0 aliphatic rings. The van der Waals surface area contributed by atoms with Gasteiger partial charge in [-0.15, -0.1) is 0 Å². The predicted octanol–water partition coefficient (Wildman–Crippen LogP) is 2.94. The molecule has 0 atom stereocenters. The van der Waals surface area contributed by atoms with Gasteiger partial charge in [0.2, 0.25) is 0 Å². The molecule has 0 fully saturated rings. The number of fused-ring (bicyclic) bond motifs is 1. The van der Waals surface area contributed by atoms with Crippen LogP contribution in [0.3, 0.4) is 0 Å². The molecule has 0 aliphatic heterocycles. The number of carbonyl (C=O) groups is 1. The minimum Gasteiger partial charge on any atom is -0.493 e. The molecule has 0 aliphatic carbocycles. The zero-order chi connectivity index (χ0) is 11.5. The zero-order valence-electron chi connectivity index (χ0n) is 8.93. The van der Waals surface area contributed by atoms with Gasteiger partial charge in [-0.1, -0.05) is 12.1 Å². The van der Waals surface area contributed by atoms with Gasteiger partial charge in [0.25, 0.3) is 0 Å². The summed E-state index contributed by atoms with van der Waals surface area (Å²) in [5.74, 6) is -0.124. The Kier molecular flexibility index (Phi) is 2.77. The van der Waals surface area contributed by atoms with Crippen molar-refractivity contribution in [3.05, 3.63) is 42.0 Å². The second kappa shape index (κ2) is 4.23. The molecule has 0 amide bonds. The normalized spacial score (nSPS) is 10.3. The molecule has 0 spiro atoms.